The molecule has 29 heavy (non-hydrogen) atoms. The lowest BCUT2D eigenvalue weighted by molar-refractivity contribution is -0.128. The van der Waals surface area contributed by atoms with Crippen molar-refractivity contribution in [3.05, 3.63) is 58.9 Å². The minimum atomic E-state index is -0.642. The summed E-state index contributed by atoms with van der Waals surface area (Å²) in [5, 5.41) is 7.38. The van der Waals surface area contributed by atoms with Crippen molar-refractivity contribution in [3.8, 4) is 22.9 Å². The minimum absolute atomic E-state index is 0.106. The van der Waals surface area contributed by atoms with Crippen LogP contribution in [0.15, 0.2) is 47.0 Å². The smallest absolute Gasteiger partial charge is 0.261 e. The molecule has 1 N–H and O–H groups in total. The number of ether oxygens (including phenoxy) is 2. The molecule has 0 unspecified atom stereocenters. The van der Waals surface area contributed by atoms with Crippen LogP contribution in [0.4, 0.5) is 0 Å². The molecule has 8 heteroatoms. The molecular weight excluding hydrogens is 394 g/mol. The van der Waals surface area contributed by atoms with E-state index in [9.17, 15) is 4.79 Å². The SMILES string of the molecule is CC[C@@H](Oc1ccc(Cl)c(C)c1)C(=O)NCc1nc(-c2cccc(OC)c2)no1. The van der Waals surface area contributed by atoms with Crippen molar-refractivity contribution in [2.24, 2.45) is 0 Å². The maximum atomic E-state index is 12.5. The molecule has 3 aromatic rings. The number of rotatable bonds is 8. The van der Waals surface area contributed by atoms with Gasteiger partial charge in [0.15, 0.2) is 6.10 Å². The van der Waals surface area contributed by atoms with E-state index in [1.54, 1.807) is 25.3 Å². The molecule has 0 radical (unpaired) electrons. The second kappa shape index (κ2) is 9.43. The Hall–Kier alpha value is -3.06. The summed E-state index contributed by atoms with van der Waals surface area (Å²) in [5.74, 6) is 1.75. The first-order valence-corrected chi connectivity index (χ1v) is 9.55. The molecule has 2 aromatic carbocycles. The van der Waals surface area contributed by atoms with E-state index in [1.165, 1.54) is 0 Å². The number of amides is 1. The number of aryl methyl sites for hydroxylation is 1. The Labute approximate surface area is 174 Å². The summed E-state index contributed by atoms with van der Waals surface area (Å²) < 4.78 is 16.2. The summed E-state index contributed by atoms with van der Waals surface area (Å²) in [7, 11) is 1.59. The second-order valence-electron chi connectivity index (χ2n) is 6.39. The van der Waals surface area contributed by atoms with Crippen LogP contribution in [0.25, 0.3) is 11.4 Å². The molecule has 0 aliphatic heterocycles. The molecular formula is C21H22ClN3O4. The van der Waals surface area contributed by atoms with Gasteiger partial charge in [-0.05, 0) is 49.2 Å². The summed E-state index contributed by atoms with van der Waals surface area (Å²) in [5.41, 5.74) is 1.65. The molecule has 0 saturated heterocycles. The molecule has 7 nitrogen and oxygen atoms in total. The quantitative estimate of drug-likeness (QED) is 0.593. The van der Waals surface area contributed by atoms with Crippen molar-refractivity contribution in [1.82, 2.24) is 15.5 Å². The van der Waals surface area contributed by atoms with Gasteiger partial charge < -0.3 is 19.3 Å². The molecule has 0 spiro atoms. The Morgan fingerprint density at radius 2 is 2.07 bits per heavy atom. The lowest BCUT2D eigenvalue weighted by atomic mass is 10.2. The van der Waals surface area contributed by atoms with Crippen LogP contribution < -0.4 is 14.8 Å². The van der Waals surface area contributed by atoms with Gasteiger partial charge in [0, 0.05) is 10.6 Å². The first-order chi connectivity index (χ1) is 14.0. The van der Waals surface area contributed by atoms with E-state index in [0.29, 0.717) is 34.7 Å². The average Bonchev–Trinajstić information content (AvgIpc) is 3.22. The van der Waals surface area contributed by atoms with Crippen LogP contribution in [0.3, 0.4) is 0 Å². The van der Waals surface area contributed by atoms with Crippen molar-refractivity contribution < 1.29 is 18.8 Å². The van der Waals surface area contributed by atoms with E-state index in [2.05, 4.69) is 15.5 Å². The van der Waals surface area contributed by atoms with Crippen LogP contribution in [0, 0.1) is 6.92 Å². The Kier molecular flexibility index (Phi) is 6.72. The van der Waals surface area contributed by atoms with Crippen LogP contribution in [0.1, 0.15) is 24.8 Å². The van der Waals surface area contributed by atoms with Gasteiger partial charge in [0.25, 0.3) is 5.91 Å². The molecule has 0 saturated carbocycles. The Morgan fingerprint density at radius 1 is 1.24 bits per heavy atom. The molecule has 3 rings (SSSR count). The fourth-order valence-electron chi connectivity index (χ4n) is 2.66. The Morgan fingerprint density at radius 3 is 2.79 bits per heavy atom. The number of hydrogen-bond acceptors (Lipinski definition) is 6. The zero-order valence-electron chi connectivity index (χ0n) is 16.4. The third kappa shape index (κ3) is 5.26. The fraction of sp³-hybridized carbons (Fsp3) is 0.286. The van der Waals surface area contributed by atoms with E-state index in [-0.39, 0.29) is 12.5 Å². The summed E-state index contributed by atoms with van der Waals surface area (Å²) in [6.07, 6.45) is -0.136. The predicted octanol–water partition coefficient (Wildman–Crippen LogP) is 4.18. The van der Waals surface area contributed by atoms with Crippen molar-refractivity contribution >= 4 is 17.5 Å². The van der Waals surface area contributed by atoms with E-state index in [0.717, 1.165) is 11.1 Å². The van der Waals surface area contributed by atoms with Gasteiger partial charge in [-0.1, -0.05) is 35.8 Å². The van der Waals surface area contributed by atoms with Crippen molar-refractivity contribution in [2.45, 2.75) is 32.9 Å². The van der Waals surface area contributed by atoms with Gasteiger partial charge in [0.2, 0.25) is 11.7 Å². The molecule has 0 fully saturated rings. The van der Waals surface area contributed by atoms with Gasteiger partial charge in [-0.25, -0.2) is 0 Å². The van der Waals surface area contributed by atoms with Gasteiger partial charge in [0.1, 0.15) is 11.5 Å². The number of carbonyl (C=O) groups excluding carboxylic acids is 1. The maximum Gasteiger partial charge on any atom is 0.261 e. The number of hydrogen-bond donors (Lipinski definition) is 1. The number of halogens is 1. The number of nitrogens with zero attached hydrogens (tertiary/aromatic N) is 2. The molecule has 0 bridgehead atoms. The molecule has 1 amide bonds. The summed E-state index contributed by atoms with van der Waals surface area (Å²) in [6.45, 7) is 3.86. The van der Waals surface area contributed by atoms with Crippen molar-refractivity contribution in [1.29, 1.82) is 0 Å². The normalized spacial score (nSPS) is 11.7. The van der Waals surface area contributed by atoms with Gasteiger partial charge >= 0.3 is 0 Å². The monoisotopic (exact) mass is 415 g/mol. The van der Waals surface area contributed by atoms with E-state index >= 15 is 0 Å². The van der Waals surface area contributed by atoms with Crippen molar-refractivity contribution in [3.63, 3.8) is 0 Å². The molecule has 1 atom stereocenters. The molecule has 0 aliphatic carbocycles. The van der Waals surface area contributed by atoms with Gasteiger partial charge in [-0.3, -0.25) is 4.79 Å². The highest BCUT2D eigenvalue weighted by Gasteiger charge is 2.19. The van der Waals surface area contributed by atoms with Crippen LogP contribution in [-0.2, 0) is 11.3 Å². The predicted molar refractivity (Wildman–Crippen MR) is 109 cm³/mol. The fourth-order valence-corrected chi connectivity index (χ4v) is 2.78. The highest BCUT2D eigenvalue weighted by atomic mass is 35.5. The number of benzene rings is 2. The third-order valence-electron chi connectivity index (χ3n) is 4.28. The number of carbonyl (C=O) groups is 1. The lowest BCUT2D eigenvalue weighted by Crippen LogP contribution is -2.37. The first-order valence-electron chi connectivity index (χ1n) is 9.17. The van der Waals surface area contributed by atoms with Crippen molar-refractivity contribution in [2.75, 3.05) is 7.11 Å². The zero-order valence-corrected chi connectivity index (χ0v) is 17.2. The van der Waals surface area contributed by atoms with E-state index in [4.69, 9.17) is 25.6 Å². The summed E-state index contributed by atoms with van der Waals surface area (Å²) >= 11 is 6.03. The van der Waals surface area contributed by atoms with Crippen LogP contribution in [-0.4, -0.2) is 29.3 Å². The number of aromatic nitrogens is 2. The second-order valence-corrected chi connectivity index (χ2v) is 6.79. The third-order valence-corrected chi connectivity index (χ3v) is 4.70. The molecule has 1 heterocycles. The maximum absolute atomic E-state index is 12.5. The molecule has 152 valence electrons. The molecule has 0 aliphatic rings. The minimum Gasteiger partial charge on any atom is -0.497 e. The summed E-state index contributed by atoms with van der Waals surface area (Å²) in [6, 6.07) is 12.6. The van der Waals surface area contributed by atoms with Crippen LogP contribution >= 0.6 is 11.6 Å². The largest absolute Gasteiger partial charge is 0.497 e. The van der Waals surface area contributed by atoms with Crippen LogP contribution in [0.2, 0.25) is 5.02 Å². The highest BCUT2D eigenvalue weighted by molar-refractivity contribution is 6.31. The Bertz CT molecular complexity index is 990. The average molecular weight is 416 g/mol. The first kappa shape index (κ1) is 20.7. The zero-order chi connectivity index (χ0) is 20.8. The van der Waals surface area contributed by atoms with Gasteiger partial charge in [-0.15, -0.1) is 0 Å². The molecule has 1 aromatic heterocycles. The highest BCUT2D eigenvalue weighted by Crippen LogP contribution is 2.23. The standard InChI is InChI=1S/C21H22ClN3O4/c1-4-18(28-16-8-9-17(22)13(2)10-16)21(26)23-12-19-24-20(25-29-19)14-6-5-7-15(11-14)27-3/h5-11,18H,4,12H2,1-3H3,(H,23,26)/t18-/m1/s1. The van der Waals surface area contributed by atoms with Gasteiger partial charge in [0.05, 0.1) is 13.7 Å². The van der Waals surface area contributed by atoms with Gasteiger partial charge in [-0.2, -0.15) is 4.98 Å². The van der Waals surface area contributed by atoms with Crippen LogP contribution in [0.5, 0.6) is 11.5 Å². The van der Waals surface area contributed by atoms with E-state index < -0.39 is 6.10 Å². The van der Waals surface area contributed by atoms with E-state index in [1.807, 2.05) is 38.1 Å². The summed E-state index contributed by atoms with van der Waals surface area (Å²) in [4.78, 5) is 16.8. The topological polar surface area (TPSA) is 86.5 Å². The number of nitrogens with one attached hydrogen (secondary N) is 1. The number of methoxy groups -OCH3 is 1. The lowest BCUT2D eigenvalue weighted by Gasteiger charge is -2.17. The Balaban J connectivity index is 1.60.